The summed E-state index contributed by atoms with van der Waals surface area (Å²) in [5, 5.41) is 3.26. The number of ether oxygens (including phenoxy) is 2. The van der Waals surface area contributed by atoms with Crippen LogP contribution in [-0.2, 0) is 9.53 Å². The minimum atomic E-state index is -0.599. The Morgan fingerprint density at radius 1 is 1.12 bits per heavy atom. The zero-order chi connectivity index (χ0) is 17.7. The summed E-state index contributed by atoms with van der Waals surface area (Å²) in [5.41, 5.74) is 0.535. The van der Waals surface area contributed by atoms with Crippen molar-refractivity contribution in [2.24, 2.45) is 0 Å². The predicted octanol–water partition coefficient (Wildman–Crippen LogP) is 3.13. The van der Waals surface area contributed by atoms with Crippen molar-refractivity contribution >= 4 is 11.6 Å². The summed E-state index contributed by atoms with van der Waals surface area (Å²) in [6.45, 7) is 1.84. The summed E-state index contributed by atoms with van der Waals surface area (Å²) < 4.78 is 11.1. The van der Waals surface area contributed by atoms with Crippen LogP contribution in [0.5, 0.6) is 5.75 Å². The number of anilines is 1. The second-order valence-corrected chi connectivity index (χ2v) is 7.17. The first-order valence-corrected chi connectivity index (χ1v) is 9.42. The number of hydrogen-bond acceptors (Lipinski definition) is 4. The minimum Gasteiger partial charge on any atom is -0.495 e. The zero-order valence-corrected chi connectivity index (χ0v) is 15.4. The fraction of sp³-hybridized carbons (Fsp3) is 0.650. The summed E-state index contributed by atoms with van der Waals surface area (Å²) in [6, 6.07) is 8.35. The van der Waals surface area contributed by atoms with Crippen LogP contribution in [0.4, 0.5) is 5.69 Å². The van der Waals surface area contributed by atoms with Gasteiger partial charge >= 0.3 is 0 Å². The van der Waals surface area contributed by atoms with E-state index in [-0.39, 0.29) is 11.9 Å². The SMILES string of the molecule is COc1ccccc1N1CCC(NC(=O)C2(OC)CCCCC2)CC1. The van der Waals surface area contributed by atoms with E-state index in [1.165, 1.54) is 6.42 Å². The lowest BCUT2D eigenvalue weighted by molar-refractivity contribution is -0.148. The maximum atomic E-state index is 12.8. The van der Waals surface area contributed by atoms with E-state index in [0.29, 0.717) is 0 Å². The summed E-state index contributed by atoms with van der Waals surface area (Å²) in [6.07, 6.45) is 6.94. The van der Waals surface area contributed by atoms with Gasteiger partial charge in [-0.15, -0.1) is 0 Å². The molecule has 25 heavy (non-hydrogen) atoms. The van der Waals surface area contributed by atoms with Crippen molar-refractivity contribution in [2.45, 2.75) is 56.6 Å². The molecule has 1 aliphatic heterocycles. The number of carbonyl (C=O) groups excluding carboxylic acids is 1. The quantitative estimate of drug-likeness (QED) is 0.890. The van der Waals surface area contributed by atoms with E-state index in [1.807, 2.05) is 18.2 Å². The number of benzene rings is 1. The van der Waals surface area contributed by atoms with E-state index in [2.05, 4.69) is 16.3 Å². The van der Waals surface area contributed by atoms with Gasteiger partial charge in [0.1, 0.15) is 11.4 Å². The second-order valence-electron chi connectivity index (χ2n) is 7.17. The Balaban J connectivity index is 1.56. The molecule has 5 nitrogen and oxygen atoms in total. The molecule has 5 heteroatoms. The van der Waals surface area contributed by atoms with Gasteiger partial charge in [0.2, 0.25) is 0 Å². The summed E-state index contributed by atoms with van der Waals surface area (Å²) in [4.78, 5) is 15.1. The Bertz CT molecular complexity index is 576. The molecule has 1 aromatic carbocycles. The topological polar surface area (TPSA) is 50.8 Å². The molecule has 1 amide bonds. The standard InChI is InChI=1S/C20H30N2O3/c1-24-18-9-5-4-8-17(18)22-14-10-16(11-15-22)21-19(23)20(25-2)12-6-3-7-13-20/h4-5,8-9,16H,3,6-7,10-15H2,1-2H3,(H,21,23). The van der Waals surface area contributed by atoms with Crippen LogP contribution in [-0.4, -0.2) is 44.9 Å². The fourth-order valence-corrected chi connectivity index (χ4v) is 4.12. The third-order valence-electron chi connectivity index (χ3n) is 5.72. The van der Waals surface area contributed by atoms with Crippen molar-refractivity contribution in [1.82, 2.24) is 5.32 Å². The molecule has 0 bridgehead atoms. The average molecular weight is 346 g/mol. The Morgan fingerprint density at radius 3 is 2.44 bits per heavy atom. The van der Waals surface area contributed by atoms with Crippen molar-refractivity contribution in [2.75, 3.05) is 32.2 Å². The maximum Gasteiger partial charge on any atom is 0.252 e. The van der Waals surface area contributed by atoms with Crippen LogP contribution in [0.3, 0.4) is 0 Å². The van der Waals surface area contributed by atoms with Gasteiger partial charge in [0.05, 0.1) is 12.8 Å². The first-order valence-electron chi connectivity index (χ1n) is 9.42. The third kappa shape index (κ3) is 3.92. The van der Waals surface area contributed by atoms with E-state index >= 15 is 0 Å². The highest BCUT2D eigenvalue weighted by Crippen LogP contribution is 2.33. The Hall–Kier alpha value is -1.75. The molecule has 0 unspecified atom stereocenters. The Morgan fingerprint density at radius 2 is 1.80 bits per heavy atom. The van der Waals surface area contributed by atoms with Crippen LogP contribution in [0.15, 0.2) is 24.3 Å². The van der Waals surface area contributed by atoms with Gasteiger partial charge in [-0.05, 0) is 37.8 Å². The third-order valence-corrected chi connectivity index (χ3v) is 5.72. The number of rotatable bonds is 5. The van der Waals surface area contributed by atoms with E-state index in [9.17, 15) is 4.79 Å². The van der Waals surface area contributed by atoms with Gasteiger partial charge in [-0.3, -0.25) is 4.79 Å². The lowest BCUT2D eigenvalue weighted by Crippen LogP contribution is -2.54. The zero-order valence-electron chi connectivity index (χ0n) is 15.4. The van der Waals surface area contributed by atoms with Gasteiger partial charge in [-0.25, -0.2) is 0 Å². The number of nitrogens with one attached hydrogen (secondary N) is 1. The van der Waals surface area contributed by atoms with Crippen LogP contribution in [0.25, 0.3) is 0 Å². The average Bonchev–Trinajstić information content (AvgIpc) is 2.69. The molecule has 1 heterocycles. The van der Waals surface area contributed by atoms with Gasteiger partial charge in [-0.1, -0.05) is 31.4 Å². The van der Waals surface area contributed by atoms with E-state index in [4.69, 9.17) is 9.47 Å². The first kappa shape index (κ1) is 18.1. The predicted molar refractivity (Wildman–Crippen MR) is 99.2 cm³/mol. The van der Waals surface area contributed by atoms with E-state index < -0.39 is 5.60 Å². The molecule has 0 radical (unpaired) electrons. The first-order chi connectivity index (χ1) is 12.2. The molecule has 138 valence electrons. The lowest BCUT2D eigenvalue weighted by Gasteiger charge is -2.38. The molecule has 0 spiro atoms. The molecule has 1 N–H and O–H groups in total. The number of nitrogens with zero attached hydrogens (tertiary/aromatic N) is 1. The highest BCUT2D eigenvalue weighted by atomic mass is 16.5. The minimum absolute atomic E-state index is 0.0884. The smallest absolute Gasteiger partial charge is 0.252 e. The van der Waals surface area contributed by atoms with Gasteiger partial charge in [0, 0.05) is 26.2 Å². The van der Waals surface area contributed by atoms with Crippen molar-refractivity contribution in [3.8, 4) is 5.75 Å². The highest BCUT2D eigenvalue weighted by Gasteiger charge is 2.40. The number of piperidine rings is 1. The molecule has 1 saturated heterocycles. The molecule has 2 fully saturated rings. The molecule has 0 atom stereocenters. The molecular weight excluding hydrogens is 316 g/mol. The van der Waals surface area contributed by atoms with Crippen molar-refractivity contribution < 1.29 is 14.3 Å². The summed E-state index contributed by atoms with van der Waals surface area (Å²) in [7, 11) is 3.38. The number of amides is 1. The van der Waals surface area contributed by atoms with Gasteiger partial charge in [-0.2, -0.15) is 0 Å². The Labute approximate surface area is 150 Å². The lowest BCUT2D eigenvalue weighted by atomic mass is 9.83. The summed E-state index contributed by atoms with van der Waals surface area (Å²) >= 11 is 0. The van der Waals surface area contributed by atoms with Gasteiger partial charge < -0.3 is 19.7 Å². The van der Waals surface area contributed by atoms with Crippen molar-refractivity contribution in [3.63, 3.8) is 0 Å². The normalized spacial score (nSPS) is 21.0. The van der Waals surface area contributed by atoms with Crippen LogP contribution in [0.2, 0.25) is 0 Å². The molecule has 1 saturated carbocycles. The van der Waals surface area contributed by atoms with Gasteiger partial charge in [0.15, 0.2) is 0 Å². The highest BCUT2D eigenvalue weighted by molar-refractivity contribution is 5.85. The number of para-hydroxylation sites is 2. The second kappa shape index (κ2) is 8.09. The van der Waals surface area contributed by atoms with Gasteiger partial charge in [0.25, 0.3) is 5.91 Å². The molecule has 3 rings (SSSR count). The fourth-order valence-electron chi connectivity index (χ4n) is 4.12. The number of hydrogen-bond donors (Lipinski definition) is 1. The van der Waals surface area contributed by atoms with E-state index in [0.717, 1.165) is 63.1 Å². The molecule has 0 aromatic heterocycles. The number of carbonyl (C=O) groups is 1. The van der Waals surface area contributed by atoms with Crippen LogP contribution in [0, 0.1) is 0 Å². The van der Waals surface area contributed by atoms with Crippen molar-refractivity contribution in [1.29, 1.82) is 0 Å². The monoisotopic (exact) mass is 346 g/mol. The summed E-state index contributed by atoms with van der Waals surface area (Å²) in [5.74, 6) is 0.996. The molecular formula is C20H30N2O3. The molecule has 1 aromatic rings. The maximum absolute atomic E-state index is 12.8. The van der Waals surface area contributed by atoms with E-state index in [1.54, 1.807) is 14.2 Å². The Kier molecular flexibility index (Phi) is 5.84. The largest absolute Gasteiger partial charge is 0.495 e. The molecule has 1 aliphatic carbocycles. The van der Waals surface area contributed by atoms with Crippen LogP contribution < -0.4 is 15.0 Å². The van der Waals surface area contributed by atoms with Crippen LogP contribution in [0.1, 0.15) is 44.9 Å². The molecule has 2 aliphatic rings. The van der Waals surface area contributed by atoms with Crippen molar-refractivity contribution in [3.05, 3.63) is 24.3 Å². The van der Waals surface area contributed by atoms with Crippen LogP contribution >= 0.6 is 0 Å². The number of methoxy groups -OCH3 is 2.